The van der Waals surface area contributed by atoms with E-state index in [1.54, 1.807) is 19.8 Å². The van der Waals surface area contributed by atoms with Crippen molar-refractivity contribution in [1.29, 1.82) is 0 Å². The van der Waals surface area contributed by atoms with E-state index in [1.165, 1.54) is 43.2 Å². The second-order valence-corrected chi connectivity index (χ2v) is 14.3. The Morgan fingerprint density at radius 2 is 1.38 bits per heavy atom. The molecule has 0 amide bonds. The fourth-order valence-corrected chi connectivity index (χ4v) is 8.90. The fourth-order valence-electron chi connectivity index (χ4n) is 8.90. The first-order valence-corrected chi connectivity index (χ1v) is 18.9. The number of methoxy groups -OCH3 is 2. The predicted molar refractivity (Wildman–Crippen MR) is 192 cm³/mol. The van der Waals surface area contributed by atoms with Crippen LogP contribution in [0.1, 0.15) is 74.5 Å². The van der Waals surface area contributed by atoms with Crippen LogP contribution in [-0.2, 0) is 50.9 Å². The molecule has 2 fully saturated rings. The quantitative estimate of drug-likeness (QED) is 0.0791. The lowest BCUT2D eigenvalue weighted by Crippen LogP contribution is -2.47. The summed E-state index contributed by atoms with van der Waals surface area (Å²) in [4.78, 5) is 0. The van der Waals surface area contributed by atoms with Gasteiger partial charge in [-0.25, -0.2) is 0 Å². The van der Waals surface area contributed by atoms with Crippen LogP contribution in [0.5, 0.6) is 5.75 Å². The Bertz CT molecular complexity index is 1210. The van der Waals surface area contributed by atoms with Crippen LogP contribution in [0.4, 0.5) is 0 Å². The molecule has 9 nitrogen and oxygen atoms in total. The highest BCUT2D eigenvalue weighted by molar-refractivity contribution is 5.41. The van der Waals surface area contributed by atoms with Gasteiger partial charge in [-0.3, -0.25) is 0 Å². The van der Waals surface area contributed by atoms with Crippen molar-refractivity contribution in [2.75, 3.05) is 87.3 Å². The summed E-state index contributed by atoms with van der Waals surface area (Å²) in [6.07, 6.45) is 9.69. The zero-order valence-electron chi connectivity index (χ0n) is 30.8. The molecule has 3 aliphatic carbocycles. The Hall–Kier alpha value is -2.08. The van der Waals surface area contributed by atoms with Crippen LogP contribution in [-0.4, -0.2) is 93.4 Å². The summed E-state index contributed by atoms with van der Waals surface area (Å²) in [5.74, 6) is 3.53. The van der Waals surface area contributed by atoms with Crippen molar-refractivity contribution in [3.63, 3.8) is 0 Å². The van der Waals surface area contributed by atoms with Gasteiger partial charge in [-0.1, -0.05) is 49.7 Å². The van der Waals surface area contributed by atoms with Crippen molar-refractivity contribution in [2.45, 2.75) is 76.9 Å². The van der Waals surface area contributed by atoms with Crippen molar-refractivity contribution in [2.24, 2.45) is 23.2 Å². The van der Waals surface area contributed by atoms with Gasteiger partial charge < -0.3 is 42.6 Å². The minimum atomic E-state index is 0.219. The molecule has 5 rings (SSSR count). The summed E-state index contributed by atoms with van der Waals surface area (Å²) in [7, 11) is 3.39. The topological polar surface area (TPSA) is 83.1 Å². The van der Waals surface area contributed by atoms with Crippen molar-refractivity contribution >= 4 is 0 Å². The molecule has 50 heavy (non-hydrogen) atoms. The fraction of sp³-hybridized carbons (Fsp3) is 0.707. The van der Waals surface area contributed by atoms with Crippen molar-refractivity contribution in [3.05, 3.63) is 65.2 Å². The minimum Gasteiger partial charge on any atom is -0.468 e. The van der Waals surface area contributed by atoms with E-state index < -0.39 is 0 Å². The van der Waals surface area contributed by atoms with Gasteiger partial charge in [0.15, 0.2) is 6.79 Å². The molecule has 0 bridgehead atoms. The third-order valence-corrected chi connectivity index (χ3v) is 11.2. The highest BCUT2D eigenvalue weighted by Gasteiger charge is 2.57. The lowest BCUT2D eigenvalue weighted by molar-refractivity contribution is -0.128. The largest absolute Gasteiger partial charge is 0.468 e. The summed E-state index contributed by atoms with van der Waals surface area (Å²) < 4.78 is 51.1. The Morgan fingerprint density at radius 3 is 2.08 bits per heavy atom. The Morgan fingerprint density at radius 1 is 0.700 bits per heavy atom. The lowest BCUT2D eigenvalue weighted by Gasteiger charge is -2.53. The van der Waals surface area contributed by atoms with Crippen LogP contribution >= 0.6 is 0 Å². The van der Waals surface area contributed by atoms with Gasteiger partial charge in [0, 0.05) is 20.8 Å². The molecule has 280 valence electrons. The van der Waals surface area contributed by atoms with Crippen molar-refractivity contribution in [1.82, 2.24) is 0 Å². The van der Waals surface area contributed by atoms with E-state index in [9.17, 15) is 0 Å². The van der Waals surface area contributed by atoms with Gasteiger partial charge in [0.05, 0.1) is 65.6 Å². The second kappa shape index (κ2) is 21.4. The van der Waals surface area contributed by atoms with Crippen LogP contribution in [0.3, 0.4) is 0 Å². The highest BCUT2D eigenvalue weighted by Crippen LogP contribution is 2.63. The summed E-state index contributed by atoms with van der Waals surface area (Å²) in [5.41, 5.74) is 4.40. The molecule has 0 heterocycles. The third kappa shape index (κ3) is 11.2. The van der Waals surface area contributed by atoms with Gasteiger partial charge in [-0.2, -0.15) is 0 Å². The SMILES string of the molecule is COCOc1ccc2c(c1)C[C@@H](CCCCOCCOCCOCCOCCOCc1ccccc1)[C@@H]1[C@@H]2CC[C@]2(C)[C@@H](OCOC)CC[C@@H]12. The molecule has 0 N–H and O–H groups in total. The molecule has 9 heteroatoms. The monoisotopic (exact) mass is 698 g/mol. The summed E-state index contributed by atoms with van der Waals surface area (Å²) in [6.45, 7) is 9.11. The average molecular weight is 699 g/mol. The number of rotatable bonds is 25. The van der Waals surface area contributed by atoms with E-state index in [2.05, 4.69) is 37.3 Å². The smallest absolute Gasteiger partial charge is 0.188 e. The summed E-state index contributed by atoms with van der Waals surface area (Å²) in [6, 6.07) is 16.9. The first-order valence-electron chi connectivity index (χ1n) is 18.9. The molecular weight excluding hydrogens is 636 g/mol. The Kier molecular flexibility index (Phi) is 16.8. The summed E-state index contributed by atoms with van der Waals surface area (Å²) in [5, 5.41) is 0. The van der Waals surface area contributed by atoms with Crippen LogP contribution < -0.4 is 4.74 Å². The molecule has 0 aromatic heterocycles. The zero-order chi connectivity index (χ0) is 34.9. The number of ether oxygens (including phenoxy) is 9. The molecule has 6 atom stereocenters. The molecule has 0 aliphatic heterocycles. The molecule has 0 radical (unpaired) electrons. The number of hydrogen-bond acceptors (Lipinski definition) is 9. The first-order chi connectivity index (χ1) is 24.6. The van der Waals surface area contributed by atoms with Gasteiger partial charge in [0.25, 0.3) is 0 Å². The summed E-state index contributed by atoms with van der Waals surface area (Å²) >= 11 is 0. The third-order valence-electron chi connectivity index (χ3n) is 11.2. The molecule has 2 aromatic rings. The molecular formula is C41H62O9. The van der Waals surface area contributed by atoms with Gasteiger partial charge in [-0.15, -0.1) is 0 Å². The highest BCUT2D eigenvalue weighted by atomic mass is 16.7. The molecule has 2 aromatic carbocycles. The van der Waals surface area contributed by atoms with Crippen LogP contribution in [0.25, 0.3) is 0 Å². The van der Waals surface area contributed by atoms with Gasteiger partial charge >= 0.3 is 0 Å². The minimum absolute atomic E-state index is 0.219. The van der Waals surface area contributed by atoms with Gasteiger partial charge in [0.2, 0.25) is 0 Å². The zero-order valence-corrected chi connectivity index (χ0v) is 30.8. The van der Waals surface area contributed by atoms with E-state index in [0.29, 0.717) is 89.9 Å². The number of unbranched alkanes of at least 4 members (excludes halogenated alkanes) is 1. The predicted octanol–water partition coefficient (Wildman–Crippen LogP) is 7.19. The Balaban J connectivity index is 0.954. The molecule has 3 aliphatic rings. The maximum Gasteiger partial charge on any atom is 0.188 e. The van der Waals surface area contributed by atoms with E-state index in [4.69, 9.17) is 42.6 Å². The van der Waals surface area contributed by atoms with Crippen molar-refractivity contribution in [3.8, 4) is 5.75 Å². The average Bonchev–Trinajstić information content (AvgIpc) is 3.48. The van der Waals surface area contributed by atoms with Crippen LogP contribution in [0.2, 0.25) is 0 Å². The van der Waals surface area contributed by atoms with E-state index >= 15 is 0 Å². The molecule has 0 unspecified atom stereocenters. The molecule has 0 spiro atoms. The van der Waals surface area contributed by atoms with Gasteiger partial charge in [0.1, 0.15) is 12.5 Å². The van der Waals surface area contributed by atoms with E-state index in [0.717, 1.165) is 31.6 Å². The lowest BCUT2D eigenvalue weighted by atomic mass is 9.52. The van der Waals surface area contributed by atoms with E-state index in [-0.39, 0.29) is 18.3 Å². The van der Waals surface area contributed by atoms with Crippen LogP contribution in [0, 0.1) is 23.2 Å². The van der Waals surface area contributed by atoms with Crippen molar-refractivity contribution < 1.29 is 42.6 Å². The number of benzene rings is 2. The first kappa shape index (κ1) is 39.1. The normalized spacial score (nSPS) is 25.6. The number of hydrogen-bond donors (Lipinski definition) is 0. The van der Waals surface area contributed by atoms with Gasteiger partial charge in [-0.05, 0) is 103 Å². The molecule has 2 saturated carbocycles. The maximum absolute atomic E-state index is 6.28. The van der Waals surface area contributed by atoms with Crippen LogP contribution in [0.15, 0.2) is 48.5 Å². The number of fused-ring (bicyclic) bond motifs is 5. The Labute approximate surface area is 300 Å². The maximum atomic E-state index is 6.28. The standard InChI is InChI=1S/C41H62O9/c1-41-17-16-37-36-13-12-35(49-30-42-2)28-34(36)27-33(40(37)38(41)14-15-39(41)50-31-43-3)11-7-8-18-44-19-20-45-21-22-46-23-24-47-25-26-48-29-32-9-5-4-6-10-32/h4-6,9-10,12-13,28,33,37-40H,7-8,11,14-27,29-31H2,1-3H3/t33-,37-,38+,39+,40-,41+/m1/s1. The van der Waals surface area contributed by atoms with E-state index in [1.807, 2.05) is 18.2 Å². The second-order valence-electron chi connectivity index (χ2n) is 14.3. The molecule has 0 saturated heterocycles.